The molecule has 0 saturated carbocycles. The van der Waals surface area contributed by atoms with Crippen molar-refractivity contribution in [3.05, 3.63) is 106 Å². The van der Waals surface area contributed by atoms with Gasteiger partial charge in [0.2, 0.25) is 0 Å². The number of thioether (sulfide) groups is 1. The van der Waals surface area contributed by atoms with Crippen LogP contribution in [0.5, 0.6) is 0 Å². The van der Waals surface area contributed by atoms with Crippen molar-refractivity contribution < 1.29 is 33.9 Å². The van der Waals surface area contributed by atoms with Gasteiger partial charge < -0.3 is 14.6 Å². The number of benzene rings is 3. The molecule has 0 spiro atoms. The number of nitrogens with zero attached hydrogens (tertiary/aromatic N) is 3. The lowest BCUT2D eigenvalue weighted by molar-refractivity contribution is -0.384. The number of carboxylic acids is 1. The van der Waals surface area contributed by atoms with Gasteiger partial charge >= 0.3 is 17.9 Å². The molecular weight excluding hydrogens is 598 g/mol. The van der Waals surface area contributed by atoms with Crippen LogP contribution in [0.4, 0.5) is 11.4 Å². The van der Waals surface area contributed by atoms with Gasteiger partial charge in [0.25, 0.3) is 5.69 Å². The van der Waals surface area contributed by atoms with E-state index >= 15 is 0 Å². The molecule has 4 atom stereocenters. The molecule has 0 amide bonds. The van der Waals surface area contributed by atoms with Crippen molar-refractivity contribution in [2.24, 2.45) is 21.8 Å². The molecule has 234 valence electrons. The first-order valence-corrected chi connectivity index (χ1v) is 15.3. The highest BCUT2D eigenvalue weighted by Crippen LogP contribution is 2.44. The number of aliphatic imine (C=N–C) groups is 2. The Balaban J connectivity index is 1.97. The monoisotopic (exact) mass is 631 g/mol. The average molecular weight is 632 g/mol. The highest BCUT2D eigenvalue weighted by atomic mass is 32.2. The number of hydrogen-bond donors (Lipinski definition) is 1. The van der Waals surface area contributed by atoms with Gasteiger partial charge in [0, 0.05) is 29.5 Å². The quantitative estimate of drug-likeness (QED) is 0.0850. The van der Waals surface area contributed by atoms with Crippen LogP contribution in [0.25, 0.3) is 0 Å². The minimum absolute atomic E-state index is 0.0297. The summed E-state index contributed by atoms with van der Waals surface area (Å²) in [7, 11) is 0. The third-order valence-corrected chi connectivity index (χ3v) is 8.40. The van der Waals surface area contributed by atoms with Crippen LogP contribution >= 0.6 is 11.8 Å². The molecular formula is C33H33N3O8S. The molecule has 1 heterocycles. The zero-order chi connectivity index (χ0) is 32.5. The van der Waals surface area contributed by atoms with Crippen molar-refractivity contribution in [3.8, 4) is 0 Å². The van der Waals surface area contributed by atoms with Gasteiger partial charge in [-0.15, -0.1) is 11.8 Å². The normalized spacial score (nSPS) is 19.7. The summed E-state index contributed by atoms with van der Waals surface area (Å²) in [5, 5.41) is 21.9. The van der Waals surface area contributed by atoms with Gasteiger partial charge in [0.1, 0.15) is 12.0 Å². The second-order valence-corrected chi connectivity index (χ2v) is 11.1. The standard InChI is InChI=1S/C33H33N3O8S/c1-4-43-32(39)26-20(3)34-29(28(33(40)44-5-2)27(26)22-14-11-15-23(18-22)36(41)42)30(45-19-21-12-7-6-8-13-21)35-25-17-10-9-16-24(25)31(37)38/h6-18,26-29H,4-5,19H2,1-3H3,(H,37,38). The highest BCUT2D eigenvalue weighted by molar-refractivity contribution is 8.13. The summed E-state index contributed by atoms with van der Waals surface area (Å²) in [4.78, 5) is 60.3. The van der Waals surface area contributed by atoms with E-state index in [2.05, 4.69) is 0 Å². The summed E-state index contributed by atoms with van der Waals surface area (Å²) >= 11 is 1.28. The van der Waals surface area contributed by atoms with Gasteiger partial charge in [-0.05, 0) is 44.0 Å². The third-order valence-electron chi connectivity index (χ3n) is 7.29. The molecule has 0 radical (unpaired) electrons. The molecule has 4 rings (SSSR count). The maximum Gasteiger partial charge on any atom is 0.337 e. The molecule has 0 aromatic heterocycles. The molecule has 3 aromatic rings. The topological polar surface area (TPSA) is 158 Å². The molecule has 1 aliphatic rings. The van der Waals surface area contributed by atoms with Crippen molar-refractivity contribution in [2.45, 2.75) is 38.5 Å². The molecule has 11 nitrogen and oxygen atoms in total. The number of rotatable bonds is 11. The summed E-state index contributed by atoms with van der Waals surface area (Å²) in [6.07, 6.45) is 0. The molecule has 12 heteroatoms. The number of ether oxygens (including phenoxy) is 2. The molecule has 0 aliphatic carbocycles. The van der Waals surface area contributed by atoms with Crippen LogP contribution in [0, 0.1) is 22.0 Å². The largest absolute Gasteiger partial charge is 0.478 e. The van der Waals surface area contributed by atoms with E-state index in [1.165, 1.54) is 36.0 Å². The van der Waals surface area contributed by atoms with E-state index < -0.39 is 46.6 Å². The SMILES string of the molecule is CCOC(=O)C1C(C)=NC(C(=Nc2ccccc2C(=O)O)SCc2ccccc2)C(C(=O)OCC)C1c1cccc([N+](=O)[O-])c1. The van der Waals surface area contributed by atoms with Gasteiger partial charge in [-0.25, -0.2) is 9.79 Å². The first kappa shape index (κ1) is 33.1. The number of hydrogen-bond acceptors (Lipinski definition) is 10. The van der Waals surface area contributed by atoms with Crippen LogP contribution in [-0.2, 0) is 24.8 Å². The summed E-state index contributed by atoms with van der Waals surface area (Å²) < 4.78 is 10.9. The molecule has 4 unspecified atom stereocenters. The molecule has 45 heavy (non-hydrogen) atoms. The Labute approximate surface area is 264 Å². The summed E-state index contributed by atoms with van der Waals surface area (Å²) in [5.41, 5.74) is 1.56. The van der Waals surface area contributed by atoms with Crippen molar-refractivity contribution >= 4 is 51.8 Å². The van der Waals surface area contributed by atoms with E-state index in [1.807, 2.05) is 30.3 Å². The van der Waals surface area contributed by atoms with Gasteiger partial charge in [-0.3, -0.25) is 24.7 Å². The van der Waals surface area contributed by atoms with E-state index in [0.717, 1.165) is 5.56 Å². The Morgan fingerprint density at radius 1 is 0.956 bits per heavy atom. The number of nitro benzene ring substituents is 1. The van der Waals surface area contributed by atoms with Crippen LogP contribution in [0.1, 0.15) is 48.2 Å². The van der Waals surface area contributed by atoms with Crippen LogP contribution in [-0.4, -0.2) is 57.9 Å². The lowest BCUT2D eigenvalue weighted by Crippen LogP contribution is -2.48. The summed E-state index contributed by atoms with van der Waals surface area (Å²) in [5.74, 6) is -5.25. The molecule has 0 fully saturated rings. The van der Waals surface area contributed by atoms with Crippen molar-refractivity contribution in [1.82, 2.24) is 0 Å². The van der Waals surface area contributed by atoms with Gasteiger partial charge in [0.05, 0.1) is 40.3 Å². The maximum atomic E-state index is 13.9. The molecule has 0 saturated heterocycles. The number of esters is 2. The molecule has 1 aliphatic heterocycles. The zero-order valence-corrected chi connectivity index (χ0v) is 25.8. The van der Waals surface area contributed by atoms with Crippen LogP contribution in [0.15, 0.2) is 88.8 Å². The minimum atomic E-state index is -1.18. The van der Waals surface area contributed by atoms with Crippen LogP contribution in [0.2, 0.25) is 0 Å². The Morgan fingerprint density at radius 3 is 2.29 bits per heavy atom. The fraction of sp³-hybridized carbons (Fsp3) is 0.303. The van der Waals surface area contributed by atoms with Gasteiger partial charge in [-0.1, -0.05) is 54.6 Å². The van der Waals surface area contributed by atoms with Crippen molar-refractivity contribution in [2.75, 3.05) is 13.2 Å². The molecule has 0 bridgehead atoms. The van der Waals surface area contributed by atoms with Crippen molar-refractivity contribution in [3.63, 3.8) is 0 Å². The fourth-order valence-electron chi connectivity index (χ4n) is 5.35. The second-order valence-electron chi connectivity index (χ2n) is 10.1. The number of carbonyl (C=O) groups is 3. The number of non-ortho nitro benzene ring substituents is 1. The van der Waals surface area contributed by atoms with E-state index in [9.17, 15) is 29.6 Å². The van der Waals surface area contributed by atoms with E-state index in [-0.39, 0.29) is 30.2 Å². The average Bonchev–Trinajstić information content (AvgIpc) is 3.03. The number of nitro groups is 1. The third kappa shape index (κ3) is 7.82. The molecule has 3 aromatic carbocycles. The summed E-state index contributed by atoms with van der Waals surface area (Å²) in [6.45, 7) is 5.06. The Kier molecular flexibility index (Phi) is 11.2. The van der Waals surface area contributed by atoms with E-state index in [0.29, 0.717) is 22.1 Å². The summed E-state index contributed by atoms with van der Waals surface area (Å²) in [6, 6.07) is 20.5. The lowest BCUT2D eigenvalue weighted by Gasteiger charge is -2.39. The van der Waals surface area contributed by atoms with Crippen LogP contribution in [0.3, 0.4) is 0 Å². The van der Waals surface area contributed by atoms with E-state index in [4.69, 9.17) is 19.5 Å². The van der Waals surface area contributed by atoms with Crippen molar-refractivity contribution in [1.29, 1.82) is 0 Å². The minimum Gasteiger partial charge on any atom is -0.478 e. The number of para-hydroxylation sites is 1. The number of carboxylic acid groups (broad SMARTS) is 1. The Hall–Kier alpha value is -4.84. The van der Waals surface area contributed by atoms with E-state index in [1.54, 1.807) is 45.0 Å². The second kappa shape index (κ2) is 15.2. The van der Waals surface area contributed by atoms with Gasteiger partial charge in [-0.2, -0.15) is 0 Å². The lowest BCUT2D eigenvalue weighted by atomic mass is 9.70. The Morgan fingerprint density at radius 2 is 1.62 bits per heavy atom. The zero-order valence-electron chi connectivity index (χ0n) is 25.0. The number of carbonyl (C=O) groups excluding carboxylic acids is 2. The molecule has 1 N–H and O–H groups in total. The van der Waals surface area contributed by atoms with Gasteiger partial charge in [0.15, 0.2) is 0 Å². The predicted octanol–water partition coefficient (Wildman–Crippen LogP) is 6.24. The Bertz CT molecular complexity index is 1620. The first-order chi connectivity index (χ1) is 21.7. The number of aromatic carboxylic acids is 1. The smallest absolute Gasteiger partial charge is 0.337 e. The van der Waals surface area contributed by atoms with Crippen LogP contribution < -0.4 is 0 Å². The maximum absolute atomic E-state index is 13.9. The first-order valence-electron chi connectivity index (χ1n) is 14.4. The highest BCUT2D eigenvalue weighted by Gasteiger charge is 2.51. The predicted molar refractivity (Wildman–Crippen MR) is 171 cm³/mol. The fourth-order valence-corrected chi connectivity index (χ4v) is 6.39.